The fourth-order valence-corrected chi connectivity index (χ4v) is 5.00. The summed E-state index contributed by atoms with van der Waals surface area (Å²) >= 11 is 0. The largest absolute Gasteiger partial charge is 0.364 e. The summed E-state index contributed by atoms with van der Waals surface area (Å²) in [4.78, 5) is 43.5. The second-order valence-electron chi connectivity index (χ2n) is 8.20. The lowest BCUT2D eigenvalue weighted by Crippen LogP contribution is -2.52. The molecule has 0 spiro atoms. The smallest absolute Gasteiger partial charge is 0.269 e. The normalized spacial score (nSPS) is 21.8. The lowest BCUT2D eigenvalue weighted by Gasteiger charge is -2.34. The number of para-hydroxylation sites is 1. The fraction of sp³-hybridized carbons (Fsp3) is 0.318. The molecule has 3 aromatic rings. The Hall–Kier alpha value is -3.82. The summed E-state index contributed by atoms with van der Waals surface area (Å²) in [7, 11) is 0. The maximum atomic E-state index is 13.4. The first-order valence-electron chi connectivity index (χ1n) is 10.4. The molecule has 2 bridgehead atoms. The van der Waals surface area contributed by atoms with E-state index in [0.29, 0.717) is 10.9 Å². The summed E-state index contributed by atoms with van der Waals surface area (Å²) in [6.45, 7) is -0.126. The number of halogens is 1. The quantitative estimate of drug-likeness (QED) is 0.589. The Morgan fingerprint density at radius 3 is 2.72 bits per heavy atom. The highest BCUT2D eigenvalue weighted by Crippen LogP contribution is 2.43. The molecular formula is C22H21FN6O3. The molecule has 32 heavy (non-hydrogen) atoms. The number of hydrogen-bond acceptors (Lipinski definition) is 5. The van der Waals surface area contributed by atoms with Gasteiger partial charge in [0, 0.05) is 11.4 Å². The van der Waals surface area contributed by atoms with Crippen LogP contribution >= 0.6 is 0 Å². The molecule has 3 heterocycles. The van der Waals surface area contributed by atoms with Crippen LogP contribution in [0.4, 0.5) is 10.2 Å². The third-order valence-electron chi connectivity index (χ3n) is 6.28. The zero-order chi connectivity index (χ0) is 22.4. The number of nitrogens with zero attached hydrogens (tertiary/aromatic N) is 4. The number of pyridine rings is 1. The number of likely N-dealkylation sites (tertiary alicyclic amines) is 1. The Balaban J connectivity index is 1.41. The number of carbonyl (C=O) groups excluding carboxylic acids is 3. The van der Waals surface area contributed by atoms with E-state index in [-0.39, 0.29) is 41.8 Å². The van der Waals surface area contributed by atoms with Gasteiger partial charge < -0.3 is 16.0 Å². The molecule has 3 amide bonds. The van der Waals surface area contributed by atoms with Crippen molar-refractivity contribution >= 4 is 34.4 Å². The Morgan fingerprint density at radius 1 is 1.12 bits per heavy atom. The maximum absolute atomic E-state index is 13.4. The number of fused-ring (bicyclic) bond motifs is 3. The third-order valence-corrected chi connectivity index (χ3v) is 6.28. The number of rotatable bonds is 5. The molecule has 5 rings (SSSR count). The number of anilines is 1. The minimum absolute atomic E-state index is 0.0352. The number of primary amides is 1. The van der Waals surface area contributed by atoms with E-state index in [1.54, 1.807) is 29.2 Å². The highest BCUT2D eigenvalue weighted by molar-refractivity contribution is 6.04. The van der Waals surface area contributed by atoms with E-state index in [4.69, 9.17) is 5.73 Å². The van der Waals surface area contributed by atoms with Crippen LogP contribution in [-0.4, -0.2) is 49.5 Å². The van der Waals surface area contributed by atoms with Gasteiger partial charge in [-0.05, 0) is 43.4 Å². The summed E-state index contributed by atoms with van der Waals surface area (Å²) in [5.41, 5.74) is 6.16. The molecule has 10 heteroatoms. The van der Waals surface area contributed by atoms with Crippen LogP contribution in [0.3, 0.4) is 0 Å². The number of hydrogen-bond donors (Lipinski definition) is 2. The van der Waals surface area contributed by atoms with Crippen molar-refractivity contribution in [3.8, 4) is 0 Å². The number of nitrogens with one attached hydrogen (secondary N) is 1. The molecule has 2 fully saturated rings. The number of benzene rings is 1. The van der Waals surface area contributed by atoms with Gasteiger partial charge in [-0.15, -0.1) is 0 Å². The van der Waals surface area contributed by atoms with Crippen LogP contribution in [-0.2, 0) is 16.1 Å². The van der Waals surface area contributed by atoms with Crippen LogP contribution in [0.25, 0.3) is 10.9 Å². The van der Waals surface area contributed by atoms with Crippen LogP contribution < -0.4 is 11.1 Å². The van der Waals surface area contributed by atoms with Crippen molar-refractivity contribution in [3.05, 3.63) is 54.1 Å². The molecule has 3 atom stereocenters. The summed E-state index contributed by atoms with van der Waals surface area (Å²) < 4.78 is 14.9. The third kappa shape index (κ3) is 3.37. The highest BCUT2D eigenvalue weighted by atomic mass is 19.1. The van der Waals surface area contributed by atoms with Crippen molar-refractivity contribution in [2.45, 2.75) is 37.9 Å². The summed E-state index contributed by atoms with van der Waals surface area (Å²) in [5.74, 6) is -1.88. The van der Waals surface area contributed by atoms with E-state index in [2.05, 4.69) is 15.4 Å². The van der Waals surface area contributed by atoms with Gasteiger partial charge in [0.15, 0.2) is 5.69 Å². The molecule has 164 valence electrons. The van der Waals surface area contributed by atoms with Crippen molar-refractivity contribution < 1.29 is 18.8 Å². The Labute approximate surface area is 182 Å². The second kappa shape index (κ2) is 7.70. The maximum Gasteiger partial charge on any atom is 0.269 e. The standard InChI is InChI=1S/C22H21FN6O3/c23-16-6-3-7-17(25-16)26-22(32)20-12-8-9-13(10-12)29(20)18(30)11-28-15-5-2-1-4-14(15)19(27-28)21(24)31/h1-7,12-13,20H,8-11H2,(H2,24,31)(H,25,26,32)/t12-,13+,20-/m0/s1. The zero-order valence-electron chi connectivity index (χ0n) is 17.1. The van der Waals surface area contributed by atoms with Crippen LogP contribution in [0, 0.1) is 11.9 Å². The molecule has 1 saturated heterocycles. The molecule has 1 saturated carbocycles. The SMILES string of the molecule is NC(=O)c1nn(CC(=O)N2[C@@H]3CC[C@@H](C3)[C@H]2C(=O)Nc2cccc(F)n2)c2ccccc12. The topological polar surface area (TPSA) is 123 Å². The average molecular weight is 436 g/mol. The van der Waals surface area contributed by atoms with Gasteiger partial charge in [-0.2, -0.15) is 9.49 Å². The number of nitrogens with two attached hydrogens (primary N) is 1. The van der Waals surface area contributed by atoms with Crippen LogP contribution in [0.15, 0.2) is 42.5 Å². The molecule has 1 aromatic carbocycles. The lowest BCUT2D eigenvalue weighted by atomic mass is 9.97. The van der Waals surface area contributed by atoms with E-state index in [1.807, 2.05) is 0 Å². The molecule has 2 aliphatic rings. The van der Waals surface area contributed by atoms with Crippen LogP contribution in [0.2, 0.25) is 0 Å². The number of aromatic nitrogens is 3. The number of amides is 3. The van der Waals surface area contributed by atoms with Crippen molar-refractivity contribution in [1.29, 1.82) is 0 Å². The van der Waals surface area contributed by atoms with E-state index >= 15 is 0 Å². The summed E-state index contributed by atoms with van der Waals surface area (Å²) in [6.07, 6.45) is 2.41. The predicted octanol–water partition coefficient (Wildman–Crippen LogP) is 1.69. The second-order valence-corrected chi connectivity index (χ2v) is 8.20. The number of carbonyl (C=O) groups is 3. The van der Waals surface area contributed by atoms with Gasteiger partial charge in [-0.1, -0.05) is 24.3 Å². The van der Waals surface area contributed by atoms with Gasteiger partial charge in [-0.3, -0.25) is 19.1 Å². The summed E-state index contributed by atoms with van der Waals surface area (Å²) in [5, 5.41) is 7.46. The van der Waals surface area contributed by atoms with E-state index in [0.717, 1.165) is 19.3 Å². The molecular weight excluding hydrogens is 415 g/mol. The van der Waals surface area contributed by atoms with Crippen LogP contribution in [0.5, 0.6) is 0 Å². The Bertz CT molecular complexity index is 1240. The number of piperidine rings is 1. The van der Waals surface area contributed by atoms with Gasteiger partial charge in [0.05, 0.1) is 5.52 Å². The van der Waals surface area contributed by atoms with Crippen molar-refractivity contribution in [3.63, 3.8) is 0 Å². The van der Waals surface area contributed by atoms with Gasteiger partial charge in [0.1, 0.15) is 18.4 Å². The minimum atomic E-state index is -0.695. The molecule has 2 aromatic heterocycles. The summed E-state index contributed by atoms with van der Waals surface area (Å²) in [6, 6.07) is 10.5. The molecule has 9 nitrogen and oxygen atoms in total. The monoisotopic (exact) mass is 436 g/mol. The Kier molecular flexibility index (Phi) is 4.84. The molecule has 1 aliphatic heterocycles. The van der Waals surface area contributed by atoms with Gasteiger partial charge in [0.25, 0.3) is 5.91 Å². The molecule has 0 unspecified atom stereocenters. The van der Waals surface area contributed by atoms with E-state index < -0.39 is 17.9 Å². The zero-order valence-corrected chi connectivity index (χ0v) is 17.1. The first-order valence-corrected chi connectivity index (χ1v) is 10.4. The van der Waals surface area contributed by atoms with E-state index in [9.17, 15) is 18.8 Å². The van der Waals surface area contributed by atoms with Gasteiger partial charge in [0.2, 0.25) is 17.8 Å². The van der Waals surface area contributed by atoms with Crippen molar-refractivity contribution in [1.82, 2.24) is 19.7 Å². The average Bonchev–Trinajstić information content (AvgIpc) is 3.47. The predicted molar refractivity (Wildman–Crippen MR) is 113 cm³/mol. The first kappa shape index (κ1) is 20.1. The van der Waals surface area contributed by atoms with E-state index in [1.165, 1.54) is 22.9 Å². The Morgan fingerprint density at radius 2 is 1.94 bits per heavy atom. The van der Waals surface area contributed by atoms with Gasteiger partial charge >= 0.3 is 0 Å². The molecule has 1 aliphatic carbocycles. The minimum Gasteiger partial charge on any atom is -0.364 e. The lowest BCUT2D eigenvalue weighted by molar-refractivity contribution is -0.141. The molecule has 0 radical (unpaired) electrons. The van der Waals surface area contributed by atoms with Gasteiger partial charge in [-0.25, -0.2) is 4.98 Å². The highest BCUT2D eigenvalue weighted by Gasteiger charge is 2.51. The molecule has 3 N–H and O–H groups in total. The van der Waals surface area contributed by atoms with Crippen molar-refractivity contribution in [2.24, 2.45) is 11.7 Å². The fourth-order valence-electron chi connectivity index (χ4n) is 5.00. The first-order chi connectivity index (χ1) is 15.4. The van der Waals surface area contributed by atoms with Crippen LogP contribution in [0.1, 0.15) is 29.8 Å². The van der Waals surface area contributed by atoms with Crippen molar-refractivity contribution in [2.75, 3.05) is 5.32 Å².